The van der Waals surface area contributed by atoms with Crippen molar-refractivity contribution in [3.63, 3.8) is 0 Å². The van der Waals surface area contributed by atoms with Gasteiger partial charge in [0.05, 0.1) is 12.1 Å². The van der Waals surface area contributed by atoms with E-state index in [4.69, 9.17) is 31.4 Å². The Kier molecular flexibility index (Phi) is 6.04. The van der Waals surface area contributed by atoms with E-state index in [9.17, 15) is 4.79 Å². The first-order valence-electron chi connectivity index (χ1n) is 7.35. The summed E-state index contributed by atoms with van der Waals surface area (Å²) in [4.78, 5) is 10.9. The molecule has 1 N–H and O–H groups in total. The van der Waals surface area contributed by atoms with Crippen molar-refractivity contribution in [1.29, 1.82) is 5.26 Å². The van der Waals surface area contributed by atoms with Crippen molar-refractivity contribution in [2.24, 2.45) is 0 Å². The number of carboxylic acids is 1. The van der Waals surface area contributed by atoms with E-state index in [-0.39, 0.29) is 5.02 Å². The van der Waals surface area contributed by atoms with Gasteiger partial charge in [0.25, 0.3) is 0 Å². The lowest BCUT2D eigenvalue weighted by Crippen LogP contribution is -2.00. The van der Waals surface area contributed by atoms with Crippen LogP contribution in [0.25, 0.3) is 6.08 Å². The van der Waals surface area contributed by atoms with Crippen LogP contribution in [0, 0.1) is 18.3 Å². The molecule has 0 aliphatic heterocycles. The summed E-state index contributed by atoms with van der Waals surface area (Å²) in [5.41, 5.74) is 2.17. The molecule has 0 saturated heterocycles. The van der Waals surface area contributed by atoms with Crippen LogP contribution in [0.5, 0.6) is 11.5 Å². The van der Waals surface area contributed by atoms with Gasteiger partial charge in [-0.1, -0.05) is 41.4 Å². The molecule has 0 amide bonds. The van der Waals surface area contributed by atoms with E-state index in [1.165, 1.54) is 19.3 Å². The highest BCUT2D eigenvalue weighted by Crippen LogP contribution is 2.37. The Morgan fingerprint density at radius 1 is 1.32 bits per heavy atom. The van der Waals surface area contributed by atoms with Gasteiger partial charge in [-0.25, -0.2) is 4.79 Å². The summed E-state index contributed by atoms with van der Waals surface area (Å²) < 4.78 is 11.0. The fourth-order valence-corrected chi connectivity index (χ4v) is 2.39. The number of benzene rings is 2. The van der Waals surface area contributed by atoms with Gasteiger partial charge in [0.15, 0.2) is 11.5 Å². The Morgan fingerprint density at radius 2 is 2.00 bits per heavy atom. The van der Waals surface area contributed by atoms with Gasteiger partial charge in [-0.3, -0.25) is 0 Å². The van der Waals surface area contributed by atoms with Crippen molar-refractivity contribution >= 4 is 23.6 Å². The SMILES string of the molecule is COc1cc(C=C(C#N)C(=O)O)cc(Cl)c1OCc1ccc(C)cc1. The van der Waals surface area contributed by atoms with Crippen LogP contribution >= 0.6 is 11.6 Å². The summed E-state index contributed by atoms with van der Waals surface area (Å²) in [5, 5.41) is 18.0. The van der Waals surface area contributed by atoms with Crippen LogP contribution < -0.4 is 9.47 Å². The number of methoxy groups -OCH3 is 1. The summed E-state index contributed by atoms with van der Waals surface area (Å²) >= 11 is 6.25. The van der Waals surface area contributed by atoms with Gasteiger partial charge < -0.3 is 14.6 Å². The maximum Gasteiger partial charge on any atom is 0.346 e. The van der Waals surface area contributed by atoms with Crippen LogP contribution in [0.1, 0.15) is 16.7 Å². The maximum absolute atomic E-state index is 10.9. The van der Waals surface area contributed by atoms with Crippen LogP contribution in [0.4, 0.5) is 0 Å². The molecule has 0 spiro atoms. The van der Waals surface area contributed by atoms with Gasteiger partial charge in [0.2, 0.25) is 0 Å². The van der Waals surface area contributed by atoms with Crippen molar-refractivity contribution < 1.29 is 19.4 Å². The molecular formula is C19H16ClNO4. The van der Waals surface area contributed by atoms with Gasteiger partial charge in [0, 0.05) is 0 Å². The third-order valence-electron chi connectivity index (χ3n) is 3.42. The molecule has 2 aromatic carbocycles. The molecule has 0 fully saturated rings. The van der Waals surface area contributed by atoms with Gasteiger partial charge in [0.1, 0.15) is 18.2 Å². The number of nitrogens with zero attached hydrogens (tertiary/aromatic N) is 1. The normalized spacial score (nSPS) is 10.9. The second-order valence-electron chi connectivity index (χ2n) is 5.28. The number of rotatable bonds is 6. The molecule has 0 atom stereocenters. The first kappa shape index (κ1) is 18.4. The van der Waals surface area contributed by atoms with Crippen molar-refractivity contribution in [3.8, 4) is 17.6 Å². The zero-order valence-electron chi connectivity index (χ0n) is 13.7. The van der Waals surface area contributed by atoms with E-state index in [0.717, 1.165) is 11.1 Å². The molecule has 2 aromatic rings. The second-order valence-corrected chi connectivity index (χ2v) is 5.69. The van der Waals surface area contributed by atoms with Crippen LogP contribution in [0.2, 0.25) is 5.02 Å². The average molecular weight is 358 g/mol. The summed E-state index contributed by atoms with van der Waals surface area (Å²) in [6.07, 6.45) is 1.22. The molecule has 25 heavy (non-hydrogen) atoms. The largest absolute Gasteiger partial charge is 0.493 e. The summed E-state index contributed by atoms with van der Waals surface area (Å²) in [6.45, 7) is 2.31. The second kappa shape index (κ2) is 8.22. The highest BCUT2D eigenvalue weighted by atomic mass is 35.5. The fraction of sp³-hybridized carbons (Fsp3) is 0.158. The molecule has 0 heterocycles. The monoisotopic (exact) mass is 357 g/mol. The molecule has 0 saturated carbocycles. The Hall–Kier alpha value is -2.97. The molecule has 0 aromatic heterocycles. The number of nitriles is 1. The van der Waals surface area contributed by atoms with Crippen molar-refractivity contribution in [2.75, 3.05) is 7.11 Å². The summed E-state index contributed by atoms with van der Waals surface area (Å²) in [5.74, 6) is -0.596. The lowest BCUT2D eigenvalue weighted by molar-refractivity contribution is -0.132. The Bertz CT molecular complexity index is 851. The van der Waals surface area contributed by atoms with E-state index < -0.39 is 11.5 Å². The Labute approximate surface area is 150 Å². The molecule has 0 radical (unpaired) electrons. The fourth-order valence-electron chi connectivity index (χ4n) is 2.11. The van der Waals surface area contributed by atoms with Crippen LogP contribution in [0.3, 0.4) is 0 Å². The Morgan fingerprint density at radius 3 is 2.56 bits per heavy atom. The topological polar surface area (TPSA) is 79.5 Å². The predicted molar refractivity (Wildman–Crippen MR) is 94.7 cm³/mol. The smallest absolute Gasteiger partial charge is 0.346 e. The standard InChI is InChI=1S/C19H16ClNO4/c1-12-3-5-13(6-4-12)11-25-18-16(20)8-14(9-17(18)24-2)7-15(10-21)19(22)23/h3-9H,11H2,1-2H3,(H,22,23). The zero-order chi connectivity index (χ0) is 18.4. The van der Waals surface area contributed by atoms with E-state index in [0.29, 0.717) is 23.7 Å². The molecule has 0 aliphatic carbocycles. The average Bonchev–Trinajstić information content (AvgIpc) is 2.59. The molecule has 6 heteroatoms. The van der Waals surface area contributed by atoms with Gasteiger partial charge in [-0.2, -0.15) is 5.26 Å². The maximum atomic E-state index is 10.9. The lowest BCUT2D eigenvalue weighted by atomic mass is 10.1. The van der Waals surface area contributed by atoms with E-state index >= 15 is 0 Å². The third-order valence-corrected chi connectivity index (χ3v) is 3.70. The number of halogens is 1. The number of carboxylic acid groups (broad SMARTS) is 1. The van der Waals surface area contributed by atoms with Gasteiger partial charge >= 0.3 is 5.97 Å². The number of hydrogen-bond acceptors (Lipinski definition) is 4. The molecule has 0 aliphatic rings. The minimum Gasteiger partial charge on any atom is -0.493 e. The first-order chi connectivity index (χ1) is 11.9. The van der Waals surface area contributed by atoms with Crippen LogP contribution in [-0.4, -0.2) is 18.2 Å². The van der Waals surface area contributed by atoms with Crippen molar-refractivity contribution in [3.05, 3.63) is 63.7 Å². The molecular weight excluding hydrogens is 342 g/mol. The minimum atomic E-state index is -1.31. The van der Waals surface area contributed by atoms with Crippen LogP contribution in [0.15, 0.2) is 42.0 Å². The predicted octanol–water partition coefficient (Wildman–Crippen LogP) is 4.23. The first-order valence-corrected chi connectivity index (χ1v) is 7.73. The number of hydrogen-bond donors (Lipinski definition) is 1. The zero-order valence-corrected chi connectivity index (χ0v) is 14.5. The number of carbonyl (C=O) groups is 1. The summed E-state index contributed by atoms with van der Waals surface area (Å²) in [6, 6.07) is 12.6. The highest BCUT2D eigenvalue weighted by Gasteiger charge is 2.13. The molecule has 128 valence electrons. The number of ether oxygens (including phenoxy) is 2. The van der Waals surface area contributed by atoms with Crippen molar-refractivity contribution in [2.45, 2.75) is 13.5 Å². The minimum absolute atomic E-state index is 0.264. The number of aryl methyl sites for hydroxylation is 1. The van der Waals surface area contributed by atoms with Crippen LogP contribution in [-0.2, 0) is 11.4 Å². The molecule has 5 nitrogen and oxygen atoms in total. The van der Waals surface area contributed by atoms with E-state index in [1.54, 1.807) is 12.1 Å². The molecule has 0 unspecified atom stereocenters. The third kappa shape index (κ3) is 4.75. The quantitative estimate of drug-likeness (QED) is 0.618. The molecule has 0 bridgehead atoms. The summed E-state index contributed by atoms with van der Waals surface area (Å²) in [7, 11) is 1.46. The van der Waals surface area contributed by atoms with Gasteiger partial charge in [-0.05, 0) is 36.3 Å². The van der Waals surface area contributed by atoms with Crippen molar-refractivity contribution in [1.82, 2.24) is 0 Å². The van der Waals surface area contributed by atoms with Gasteiger partial charge in [-0.15, -0.1) is 0 Å². The van der Waals surface area contributed by atoms with E-state index in [1.807, 2.05) is 31.2 Å². The highest BCUT2D eigenvalue weighted by molar-refractivity contribution is 6.32. The molecule has 2 rings (SSSR count). The van der Waals surface area contributed by atoms with E-state index in [2.05, 4.69) is 0 Å². The number of aliphatic carboxylic acids is 1. The Balaban J connectivity index is 2.29. The lowest BCUT2D eigenvalue weighted by Gasteiger charge is -2.13.